The first-order chi connectivity index (χ1) is 8.01. The standard InChI is InChI=1S/C13H17BrN2O/c1-8-7-10(5-6-11(8)17-4)13(15)12(14)9(2)16-3/h5-7H,15H2,1-4H3. The van der Waals surface area contributed by atoms with Crippen LogP contribution in [0.3, 0.4) is 0 Å². The molecule has 0 unspecified atom stereocenters. The van der Waals surface area contributed by atoms with Crippen LogP contribution in [0.15, 0.2) is 27.7 Å². The van der Waals surface area contributed by atoms with E-state index in [2.05, 4.69) is 20.9 Å². The highest BCUT2D eigenvalue weighted by molar-refractivity contribution is 9.12. The molecule has 0 fully saturated rings. The van der Waals surface area contributed by atoms with Crippen LogP contribution in [0.5, 0.6) is 5.75 Å². The van der Waals surface area contributed by atoms with E-state index < -0.39 is 0 Å². The van der Waals surface area contributed by atoms with Crippen molar-refractivity contribution < 1.29 is 4.74 Å². The predicted molar refractivity (Wildman–Crippen MR) is 76.8 cm³/mol. The number of methoxy groups -OCH3 is 1. The second-order valence-corrected chi connectivity index (χ2v) is 4.51. The second kappa shape index (κ2) is 5.87. The van der Waals surface area contributed by atoms with Crippen molar-refractivity contribution in [2.24, 2.45) is 10.7 Å². The highest BCUT2D eigenvalue weighted by atomic mass is 79.9. The maximum atomic E-state index is 6.09. The first-order valence-electron chi connectivity index (χ1n) is 5.25. The molecular weight excluding hydrogens is 280 g/mol. The van der Waals surface area contributed by atoms with Gasteiger partial charge in [-0.25, -0.2) is 0 Å². The van der Waals surface area contributed by atoms with Crippen LogP contribution in [-0.2, 0) is 0 Å². The van der Waals surface area contributed by atoms with Crippen molar-refractivity contribution >= 4 is 27.3 Å². The molecule has 1 aromatic carbocycles. The largest absolute Gasteiger partial charge is 0.496 e. The zero-order chi connectivity index (χ0) is 13.0. The lowest BCUT2D eigenvalue weighted by atomic mass is 10.1. The number of nitrogens with zero attached hydrogens (tertiary/aromatic N) is 1. The molecule has 0 radical (unpaired) electrons. The highest BCUT2D eigenvalue weighted by Crippen LogP contribution is 2.24. The maximum absolute atomic E-state index is 6.09. The Morgan fingerprint density at radius 1 is 1.41 bits per heavy atom. The van der Waals surface area contributed by atoms with Crippen LogP contribution < -0.4 is 10.5 Å². The number of benzene rings is 1. The van der Waals surface area contributed by atoms with E-state index in [4.69, 9.17) is 10.5 Å². The van der Waals surface area contributed by atoms with Crippen molar-refractivity contribution in [3.05, 3.63) is 33.8 Å². The summed E-state index contributed by atoms with van der Waals surface area (Å²) in [6.45, 7) is 3.90. The third-order valence-corrected chi connectivity index (χ3v) is 3.60. The van der Waals surface area contributed by atoms with E-state index in [-0.39, 0.29) is 0 Å². The van der Waals surface area contributed by atoms with Gasteiger partial charge < -0.3 is 10.5 Å². The Morgan fingerprint density at radius 2 is 2.06 bits per heavy atom. The Kier molecular flexibility index (Phi) is 4.75. The molecule has 92 valence electrons. The lowest BCUT2D eigenvalue weighted by Gasteiger charge is -2.09. The van der Waals surface area contributed by atoms with Gasteiger partial charge >= 0.3 is 0 Å². The average molecular weight is 297 g/mol. The molecule has 0 atom stereocenters. The van der Waals surface area contributed by atoms with Crippen molar-refractivity contribution in [1.82, 2.24) is 0 Å². The number of ether oxygens (including phenoxy) is 1. The monoisotopic (exact) mass is 296 g/mol. The fraction of sp³-hybridized carbons (Fsp3) is 0.308. The van der Waals surface area contributed by atoms with Crippen molar-refractivity contribution in [3.63, 3.8) is 0 Å². The van der Waals surface area contributed by atoms with Gasteiger partial charge in [-0.1, -0.05) is 0 Å². The van der Waals surface area contributed by atoms with E-state index in [1.807, 2.05) is 32.0 Å². The third kappa shape index (κ3) is 3.09. The van der Waals surface area contributed by atoms with Gasteiger partial charge in [-0.2, -0.15) is 0 Å². The van der Waals surface area contributed by atoms with Crippen LogP contribution in [0, 0.1) is 6.92 Å². The van der Waals surface area contributed by atoms with Gasteiger partial charge in [0, 0.05) is 12.8 Å². The third-order valence-electron chi connectivity index (χ3n) is 2.60. The molecule has 0 saturated carbocycles. The molecule has 1 aromatic rings. The van der Waals surface area contributed by atoms with Crippen molar-refractivity contribution in [3.8, 4) is 5.75 Å². The summed E-state index contributed by atoms with van der Waals surface area (Å²) in [4.78, 5) is 4.10. The van der Waals surface area contributed by atoms with Gasteiger partial charge in [0.2, 0.25) is 0 Å². The number of aryl methyl sites for hydroxylation is 1. The Labute approximate surface area is 111 Å². The number of allylic oxidation sites excluding steroid dienone is 1. The minimum Gasteiger partial charge on any atom is -0.496 e. The van der Waals surface area contributed by atoms with Crippen LogP contribution in [0.1, 0.15) is 18.1 Å². The topological polar surface area (TPSA) is 47.6 Å². The van der Waals surface area contributed by atoms with Crippen LogP contribution in [0.2, 0.25) is 0 Å². The van der Waals surface area contributed by atoms with E-state index in [0.717, 1.165) is 27.1 Å². The summed E-state index contributed by atoms with van der Waals surface area (Å²) >= 11 is 3.46. The van der Waals surface area contributed by atoms with Crippen LogP contribution >= 0.6 is 15.9 Å². The fourth-order valence-corrected chi connectivity index (χ4v) is 1.87. The highest BCUT2D eigenvalue weighted by Gasteiger charge is 2.07. The second-order valence-electron chi connectivity index (χ2n) is 3.72. The quantitative estimate of drug-likeness (QED) is 0.871. The van der Waals surface area contributed by atoms with E-state index in [9.17, 15) is 0 Å². The van der Waals surface area contributed by atoms with Crippen molar-refractivity contribution in [1.29, 1.82) is 0 Å². The van der Waals surface area contributed by atoms with Gasteiger partial charge in [-0.3, -0.25) is 4.99 Å². The molecule has 2 N–H and O–H groups in total. The Balaban J connectivity index is 3.22. The van der Waals surface area contributed by atoms with E-state index in [1.165, 1.54) is 0 Å². The Bertz CT molecular complexity index is 478. The smallest absolute Gasteiger partial charge is 0.121 e. The molecule has 4 heteroatoms. The van der Waals surface area contributed by atoms with Gasteiger partial charge in [0.05, 0.1) is 17.3 Å². The van der Waals surface area contributed by atoms with Gasteiger partial charge in [-0.15, -0.1) is 0 Å². The number of rotatable bonds is 3. The normalized spacial score (nSPS) is 13.4. The minimum absolute atomic E-state index is 0.679. The first-order valence-corrected chi connectivity index (χ1v) is 6.04. The average Bonchev–Trinajstić information content (AvgIpc) is 2.35. The van der Waals surface area contributed by atoms with E-state index in [1.54, 1.807) is 14.2 Å². The number of hydrogen-bond acceptors (Lipinski definition) is 3. The van der Waals surface area contributed by atoms with Crippen LogP contribution in [-0.4, -0.2) is 19.9 Å². The fourth-order valence-electron chi connectivity index (χ4n) is 1.47. The van der Waals surface area contributed by atoms with Crippen molar-refractivity contribution in [2.75, 3.05) is 14.2 Å². The molecule has 1 rings (SSSR count). The molecule has 0 spiro atoms. The van der Waals surface area contributed by atoms with Gasteiger partial charge in [-0.05, 0) is 59.1 Å². The van der Waals surface area contributed by atoms with Gasteiger partial charge in [0.1, 0.15) is 5.75 Å². The maximum Gasteiger partial charge on any atom is 0.121 e. The zero-order valence-electron chi connectivity index (χ0n) is 10.5. The van der Waals surface area contributed by atoms with Gasteiger partial charge in [0.15, 0.2) is 0 Å². The summed E-state index contributed by atoms with van der Waals surface area (Å²) in [6, 6.07) is 5.85. The lowest BCUT2D eigenvalue weighted by molar-refractivity contribution is 0.411. The van der Waals surface area contributed by atoms with E-state index in [0.29, 0.717) is 5.70 Å². The molecule has 0 aromatic heterocycles. The molecule has 17 heavy (non-hydrogen) atoms. The molecule has 0 heterocycles. The minimum atomic E-state index is 0.679. The van der Waals surface area contributed by atoms with Crippen LogP contribution in [0.4, 0.5) is 0 Å². The molecule has 0 bridgehead atoms. The molecule has 0 amide bonds. The molecule has 3 nitrogen and oxygen atoms in total. The van der Waals surface area contributed by atoms with E-state index >= 15 is 0 Å². The molecular formula is C13H17BrN2O. The first kappa shape index (κ1) is 13.8. The van der Waals surface area contributed by atoms with Crippen molar-refractivity contribution in [2.45, 2.75) is 13.8 Å². The predicted octanol–water partition coefficient (Wildman–Crippen LogP) is 3.12. The zero-order valence-corrected chi connectivity index (χ0v) is 12.1. The molecule has 0 aliphatic rings. The molecule has 0 aliphatic heterocycles. The summed E-state index contributed by atoms with van der Waals surface area (Å²) in [5.74, 6) is 0.860. The number of nitrogens with two attached hydrogens (primary N) is 1. The summed E-state index contributed by atoms with van der Waals surface area (Å²) < 4.78 is 6.04. The summed E-state index contributed by atoms with van der Waals surface area (Å²) in [5.41, 5.74) is 9.65. The summed E-state index contributed by atoms with van der Waals surface area (Å²) in [6.07, 6.45) is 0. The summed E-state index contributed by atoms with van der Waals surface area (Å²) in [5, 5.41) is 0. The van der Waals surface area contributed by atoms with Gasteiger partial charge in [0.25, 0.3) is 0 Å². The Morgan fingerprint density at radius 3 is 2.53 bits per heavy atom. The number of halogens is 1. The van der Waals surface area contributed by atoms with Crippen LogP contribution in [0.25, 0.3) is 5.70 Å². The molecule has 0 saturated heterocycles. The molecule has 0 aliphatic carbocycles. The Hall–Kier alpha value is -1.29. The number of aliphatic imine (C=N–C) groups is 1. The number of hydrogen-bond donors (Lipinski definition) is 1. The lowest BCUT2D eigenvalue weighted by Crippen LogP contribution is -2.04. The SMILES string of the molecule is CN=C(C)C(Br)=C(N)c1ccc(OC)c(C)c1. The summed E-state index contributed by atoms with van der Waals surface area (Å²) in [7, 11) is 3.40.